The minimum atomic E-state index is -2.73. The third-order valence-electron chi connectivity index (χ3n) is 7.51. The van der Waals surface area contributed by atoms with Gasteiger partial charge in [-0.25, -0.2) is 13.6 Å². The van der Waals surface area contributed by atoms with E-state index in [0.717, 1.165) is 32.8 Å². The maximum atomic E-state index is 13.6. The first-order valence-electron chi connectivity index (χ1n) is 14.5. The number of hydrogen-bond donors (Lipinski definition) is 1. The van der Waals surface area contributed by atoms with Crippen LogP contribution in [-0.2, 0) is 11.3 Å². The zero-order valence-corrected chi connectivity index (χ0v) is 24.7. The number of likely N-dealkylation sites (tertiary alicyclic amines) is 1. The average Bonchev–Trinajstić information content (AvgIpc) is 3.41. The second-order valence-electron chi connectivity index (χ2n) is 12.0. The molecule has 0 atom stereocenters. The van der Waals surface area contributed by atoms with Gasteiger partial charge in [-0.2, -0.15) is 0 Å². The highest BCUT2D eigenvalue weighted by atomic mass is 19.3. The lowest BCUT2D eigenvalue weighted by Crippen LogP contribution is -2.42. The Balaban J connectivity index is 1.33. The van der Waals surface area contributed by atoms with Gasteiger partial charge in [0.25, 0.3) is 11.8 Å². The average molecular weight is 599 g/mol. The van der Waals surface area contributed by atoms with Crippen LogP contribution < -0.4 is 5.32 Å². The van der Waals surface area contributed by atoms with Gasteiger partial charge in [-0.1, -0.05) is 12.1 Å². The van der Waals surface area contributed by atoms with E-state index in [0.29, 0.717) is 22.6 Å². The Morgan fingerprint density at radius 3 is 2.45 bits per heavy atom. The van der Waals surface area contributed by atoms with Crippen LogP contribution >= 0.6 is 0 Å². The molecule has 2 aromatic carbocycles. The predicted octanol–water partition coefficient (Wildman–Crippen LogP) is 7.61. The molecular formula is C34H32F2N4O4. The van der Waals surface area contributed by atoms with Gasteiger partial charge >= 0.3 is 6.09 Å². The maximum Gasteiger partial charge on any atom is 0.408 e. The van der Waals surface area contributed by atoms with Gasteiger partial charge in [-0.3, -0.25) is 14.8 Å². The quantitative estimate of drug-likeness (QED) is 0.224. The predicted molar refractivity (Wildman–Crippen MR) is 163 cm³/mol. The third kappa shape index (κ3) is 6.39. The molecule has 1 fully saturated rings. The summed E-state index contributed by atoms with van der Waals surface area (Å²) in [5, 5.41) is 5.58. The summed E-state index contributed by atoms with van der Waals surface area (Å²) in [5.41, 5.74) is 3.56. The summed E-state index contributed by atoms with van der Waals surface area (Å²) < 4.78 is 38.8. The summed E-state index contributed by atoms with van der Waals surface area (Å²) in [6.07, 6.45) is 3.83. The standard InChI is InChI=1S/C34H32F2N4O4/c1-33(2,3)44-32(42)39-20-27-16-26-15-25(17-28(30(26)43-27)22-4-5-23-18-37-11-8-21(23)14-22)29-7-6-24(19-38-29)31(41)40-12-9-34(35,36)10-13-40/h4-8,11,14-19H,9-10,12-13,20H2,1-3H3,(H,39,42). The van der Waals surface area contributed by atoms with Crippen LogP contribution in [0.2, 0.25) is 0 Å². The molecule has 2 amide bonds. The molecule has 1 saturated heterocycles. The SMILES string of the molecule is CC(C)(C)OC(=O)NCc1cc2cc(-c3ccc(C(=O)N4CCC(F)(F)CC4)cn3)cc(-c3ccc4cnccc4c3)c2o1. The van der Waals surface area contributed by atoms with Gasteiger partial charge in [-0.05, 0) is 74.2 Å². The highest BCUT2D eigenvalue weighted by Crippen LogP contribution is 2.37. The summed E-state index contributed by atoms with van der Waals surface area (Å²) in [6.45, 7) is 5.56. The summed E-state index contributed by atoms with van der Waals surface area (Å²) in [6, 6.07) is 17.2. The minimum absolute atomic E-state index is 0.0149. The Labute approximate surface area is 253 Å². The van der Waals surface area contributed by atoms with Crippen molar-refractivity contribution in [3.63, 3.8) is 0 Å². The van der Waals surface area contributed by atoms with Crippen molar-refractivity contribution in [3.05, 3.63) is 84.5 Å². The van der Waals surface area contributed by atoms with Crippen molar-refractivity contribution in [2.75, 3.05) is 13.1 Å². The van der Waals surface area contributed by atoms with E-state index in [4.69, 9.17) is 9.15 Å². The first kappa shape index (κ1) is 29.2. The first-order chi connectivity index (χ1) is 20.9. The van der Waals surface area contributed by atoms with Gasteiger partial charge in [0, 0.05) is 66.4 Å². The molecule has 6 rings (SSSR count). The lowest BCUT2D eigenvalue weighted by molar-refractivity contribution is -0.0494. The van der Waals surface area contributed by atoms with Gasteiger partial charge in [0.2, 0.25) is 0 Å². The van der Waals surface area contributed by atoms with E-state index < -0.39 is 17.6 Å². The lowest BCUT2D eigenvalue weighted by Gasteiger charge is -2.31. The number of hydrogen-bond acceptors (Lipinski definition) is 6. The molecule has 226 valence electrons. The number of aromatic nitrogens is 2. The molecule has 10 heteroatoms. The zero-order chi connectivity index (χ0) is 31.1. The van der Waals surface area contributed by atoms with Crippen molar-refractivity contribution in [1.82, 2.24) is 20.2 Å². The van der Waals surface area contributed by atoms with Crippen LogP contribution in [0, 0.1) is 0 Å². The molecule has 3 aromatic heterocycles. The van der Waals surface area contributed by atoms with E-state index >= 15 is 0 Å². The molecule has 0 bridgehead atoms. The molecule has 0 spiro atoms. The van der Waals surface area contributed by atoms with Crippen molar-refractivity contribution in [2.45, 2.75) is 51.7 Å². The van der Waals surface area contributed by atoms with Gasteiger partial charge in [0.15, 0.2) is 0 Å². The molecule has 1 aliphatic rings. The number of nitrogens with one attached hydrogen (secondary N) is 1. The van der Waals surface area contributed by atoms with Gasteiger partial charge in [0.1, 0.15) is 16.9 Å². The summed E-state index contributed by atoms with van der Waals surface area (Å²) in [5.74, 6) is -2.48. The van der Waals surface area contributed by atoms with Crippen LogP contribution in [-0.4, -0.2) is 51.5 Å². The zero-order valence-electron chi connectivity index (χ0n) is 24.7. The van der Waals surface area contributed by atoms with E-state index in [1.54, 1.807) is 45.3 Å². The number of carbonyl (C=O) groups excluding carboxylic acids is 2. The fraction of sp³-hybridized carbons (Fsp3) is 0.294. The first-order valence-corrected chi connectivity index (χ1v) is 14.5. The highest BCUT2D eigenvalue weighted by Gasteiger charge is 2.35. The fourth-order valence-corrected chi connectivity index (χ4v) is 5.29. The molecule has 1 aliphatic heterocycles. The van der Waals surface area contributed by atoms with Crippen LogP contribution in [0.1, 0.15) is 49.7 Å². The fourth-order valence-electron chi connectivity index (χ4n) is 5.29. The molecule has 0 saturated carbocycles. The number of alkyl carbamates (subject to hydrolysis) is 1. The number of carbonyl (C=O) groups is 2. The van der Waals surface area contributed by atoms with E-state index in [-0.39, 0.29) is 38.4 Å². The monoisotopic (exact) mass is 598 g/mol. The number of amides is 2. The molecule has 1 N–H and O–H groups in total. The molecule has 44 heavy (non-hydrogen) atoms. The number of piperidine rings is 1. The number of alkyl halides is 2. The Morgan fingerprint density at radius 2 is 1.73 bits per heavy atom. The van der Waals surface area contributed by atoms with Crippen LogP contribution in [0.15, 0.2) is 77.6 Å². The number of rotatable bonds is 5. The number of benzene rings is 2. The third-order valence-corrected chi connectivity index (χ3v) is 7.51. The molecule has 8 nitrogen and oxygen atoms in total. The number of nitrogens with zero attached hydrogens (tertiary/aromatic N) is 3. The summed E-state index contributed by atoms with van der Waals surface area (Å²) in [4.78, 5) is 35.4. The number of fused-ring (bicyclic) bond motifs is 2. The van der Waals surface area contributed by atoms with Crippen LogP contribution in [0.4, 0.5) is 13.6 Å². The summed E-state index contributed by atoms with van der Waals surface area (Å²) >= 11 is 0. The number of furan rings is 1. The largest absolute Gasteiger partial charge is 0.459 e. The Morgan fingerprint density at radius 1 is 0.955 bits per heavy atom. The van der Waals surface area contributed by atoms with Crippen LogP contribution in [0.3, 0.4) is 0 Å². The molecule has 0 radical (unpaired) electrons. The molecule has 0 unspecified atom stereocenters. The van der Waals surface area contributed by atoms with Gasteiger partial charge < -0.3 is 19.4 Å². The van der Waals surface area contributed by atoms with E-state index in [1.165, 1.54) is 11.1 Å². The van der Waals surface area contributed by atoms with Gasteiger partial charge in [0.05, 0.1) is 17.8 Å². The normalized spacial score (nSPS) is 15.0. The molecule has 5 aromatic rings. The van der Waals surface area contributed by atoms with E-state index in [9.17, 15) is 18.4 Å². The highest BCUT2D eigenvalue weighted by molar-refractivity contribution is 5.99. The Bertz CT molecular complexity index is 1850. The smallest absolute Gasteiger partial charge is 0.408 e. The number of ether oxygens (including phenoxy) is 1. The second-order valence-corrected chi connectivity index (χ2v) is 12.0. The van der Waals surface area contributed by atoms with Crippen molar-refractivity contribution in [1.29, 1.82) is 0 Å². The van der Waals surface area contributed by atoms with Crippen molar-refractivity contribution < 1.29 is 27.5 Å². The van der Waals surface area contributed by atoms with E-state index in [2.05, 4.69) is 21.4 Å². The van der Waals surface area contributed by atoms with E-state index in [1.807, 2.05) is 36.4 Å². The number of pyridine rings is 2. The van der Waals surface area contributed by atoms with Gasteiger partial charge in [-0.15, -0.1) is 0 Å². The van der Waals surface area contributed by atoms with Crippen LogP contribution in [0.5, 0.6) is 0 Å². The van der Waals surface area contributed by atoms with Crippen molar-refractivity contribution in [2.24, 2.45) is 0 Å². The Hall–Kier alpha value is -4.86. The van der Waals surface area contributed by atoms with Crippen molar-refractivity contribution in [3.8, 4) is 22.4 Å². The minimum Gasteiger partial charge on any atom is -0.459 e. The Kier molecular flexibility index (Phi) is 7.53. The lowest BCUT2D eigenvalue weighted by atomic mass is 9.97. The molecule has 4 heterocycles. The summed E-state index contributed by atoms with van der Waals surface area (Å²) in [7, 11) is 0. The molecular weight excluding hydrogens is 566 g/mol. The second kappa shape index (κ2) is 11.3. The topological polar surface area (TPSA) is 97.6 Å². The van der Waals surface area contributed by atoms with Crippen LogP contribution in [0.25, 0.3) is 44.1 Å². The van der Waals surface area contributed by atoms with Crippen molar-refractivity contribution >= 4 is 33.7 Å². The maximum absolute atomic E-state index is 13.6. The number of halogens is 2. The molecule has 0 aliphatic carbocycles.